The molecule has 0 saturated carbocycles. The molecule has 2 atom stereocenters. The maximum absolute atomic E-state index is 10.5. The van der Waals surface area contributed by atoms with Crippen LogP contribution in [0.3, 0.4) is 0 Å². The maximum atomic E-state index is 10.5. The monoisotopic (exact) mass is 808 g/mol. The largest absolute Gasteiger partial charge is 0.309 e. The summed E-state index contributed by atoms with van der Waals surface area (Å²) in [6.07, 6.45) is 2.17. The van der Waals surface area contributed by atoms with Crippen molar-refractivity contribution in [3.8, 4) is 39.7 Å². The SMILES string of the molecule is [C-]#[N+]c1ccc2c(c1)C1(c3cc(C#N)ccc3-2)c2cc(-n3c4ccccc4c4cc(C(C)CC)ccc43)ccc2-c2ccc(-n3c4ccccc4c4cc(C(C)CC)ccc43)cc21. The van der Waals surface area contributed by atoms with Gasteiger partial charge in [0.25, 0.3) is 0 Å². The van der Waals surface area contributed by atoms with Gasteiger partial charge in [0.05, 0.1) is 45.7 Å². The molecule has 2 aromatic heterocycles. The third kappa shape index (κ3) is 5.01. The van der Waals surface area contributed by atoms with Gasteiger partial charge in [0.1, 0.15) is 0 Å². The highest BCUT2D eigenvalue weighted by atomic mass is 15.0. The minimum atomic E-state index is -0.806. The molecule has 2 heterocycles. The van der Waals surface area contributed by atoms with Crippen LogP contribution in [-0.2, 0) is 5.41 Å². The zero-order valence-electron chi connectivity index (χ0n) is 35.9. The molecule has 2 unspecified atom stereocenters. The van der Waals surface area contributed by atoms with E-state index in [0.29, 0.717) is 23.1 Å². The van der Waals surface area contributed by atoms with Crippen molar-refractivity contribution in [2.24, 2.45) is 0 Å². The van der Waals surface area contributed by atoms with Crippen molar-refractivity contribution in [2.75, 3.05) is 0 Å². The van der Waals surface area contributed by atoms with Gasteiger partial charge in [0.15, 0.2) is 5.69 Å². The first-order valence-corrected chi connectivity index (χ1v) is 22.3. The molecule has 0 N–H and O–H groups in total. The van der Waals surface area contributed by atoms with E-state index in [9.17, 15) is 5.26 Å². The summed E-state index contributed by atoms with van der Waals surface area (Å²) in [6.45, 7) is 17.4. The molecule has 0 fully saturated rings. The molecule has 8 aromatic carbocycles. The Morgan fingerprint density at radius 3 is 1.44 bits per heavy atom. The van der Waals surface area contributed by atoms with Crippen LogP contribution in [-0.4, -0.2) is 9.13 Å². The van der Waals surface area contributed by atoms with E-state index in [1.54, 1.807) is 0 Å². The molecule has 2 aliphatic rings. The number of para-hydroxylation sites is 2. The predicted octanol–water partition coefficient (Wildman–Crippen LogP) is 15.7. The van der Waals surface area contributed by atoms with Gasteiger partial charge in [0, 0.05) is 32.9 Å². The normalized spacial score (nSPS) is 15.7. The highest BCUT2D eigenvalue weighted by Gasteiger charge is 2.52. The lowest BCUT2D eigenvalue weighted by molar-refractivity contribution is 0.735. The van der Waals surface area contributed by atoms with Gasteiger partial charge in [-0.15, -0.1) is 0 Å². The van der Waals surface area contributed by atoms with E-state index in [1.807, 2.05) is 12.1 Å². The van der Waals surface area contributed by atoms with E-state index >= 15 is 0 Å². The average Bonchev–Trinajstić information content (AvgIpc) is 4.03. The summed E-state index contributed by atoms with van der Waals surface area (Å²) in [4.78, 5) is 4.00. The number of aromatic nitrogens is 2. The van der Waals surface area contributed by atoms with E-state index in [0.717, 1.165) is 79.8 Å². The van der Waals surface area contributed by atoms with Crippen LogP contribution < -0.4 is 0 Å². The van der Waals surface area contributed by atoms with Crippen LogP contribution in [0, 0.1) is 17.9 Å². The fraction of sp³-hybridized carbons (Fsp3) is 0.153. The standard InChI is InChI=1S/C59H44N4/c1-6-35(3)38-17-26-57-49(29-38)47-12-8-10-14-55(47)62(57)41-20-24-45-46-25-21-42(63-56-15-11-9-13-48(56)50-30-39(36(4)7-2)18-27-58(50)63)33-54(46)59(53(45)32-41)51-28-37(34-60)16-22-43(51)44-23-19-40(61-5)31-52(44)59/h8-33,35-36H,6-7H2,1-4H3. The molecule has 0 radical (unpaired) electrons. The van der Waals surface area contributed by atoms with Crippen molar-refractivity contribution < 1.29 is 0 Å². The zero-order chi connectivity index (χ0) is 42.7. The lowest BCUT2D eigenvalue weighted by Gasteiger charge is -2.31. The summed E-state index contributed by atoms with van der Waals surface area (Å²) in [5, 5.41) is 15.5. The predicted molar refractivity (Wildman–Crippen MR) is 260 cm³/mol. The molecule has 4 nitrogen and oxygen atoms in total. The Balaban J connectivity index is 1.17. The molecule has 12 rings (SSSR count). The van der Waals surface area contributed by atoms with Crippen LogP contribution >= 0.6 is 0 Å². The number of benzene rings is 8. The Kier molecular flexibility index (Phi) is 8.06. The van der Waals surface area contributed by atoms with Gasteiger partial charge in [-0.2, -0.15) is 5.26 Å². The summed E-state index contributed by atoms with van der Waals surface area (Å²) in [5.74, 6) is 0.927. The quantitative estimate of drug-likeness (QED) is 0.154. The van der Waals surface area contributed by atoms with Crippen molar-refractivity contribution in [1.82, 2.24) is 9.13 Å². The molecule has 0 aliphatic heterocycles. The van der Waals surface area contributed by atoms with Crippen LogP contribution in [0.1, 0.15) is 91.3 Å². The maximum Gasteiger partial charge on any atom is 0.187 e. The molecule has 63 heavy (non-hydrogen) atoms. The van der Waals surface area contributed by atoms with Crippen LogP contribution in [0.4, 0.5) is 5.69 Å². The van der Waals surface area contributed by atoms with Gasteiger partial charge in [0.2, 0.25) is 0 Å². The van der Waals surface area contributed by atoms with Crippen LogP contribution in [0.25, 0.3) is 82.1 Å². The second kappa shape index (κ2) is 13.7. The van der Waals surface area contributed by atoms with E-state index < -0.39 is 5.41 Å². The lowest BCUT2D eigenvalue weighted by atomic mass is 9.70. The molecular formula is C59H44N4. The van der Waals surface area contributed by atoms with E-state index in [2.05, 4.69) is 193 Å². The highest BCUT2D eigenvalue weighted by Crippen LogP contribution is 2.64. The summed E-state index contributed by atoms with van der Waals surface area (Å²) in [5.41, 5.74) is 19.0. The number of fused-ring (bicyclic) bond motifs is 16. The van der Waals surface area contributed by atoms with Gasteiger partial charge < -0.3 is 9.13 Å². The second-order valence-electron chi connectivity index (χ2n) is 17.8. The first-order valence-electron chi connectivity index (χ1n) is 22.3. The van der Waals surface area contributed by atoms with Crippen molar-refractivity contribution in [3.05, 3.63) is 208 Å². The first kappa shape index (κ1) is 37.1. The third-order valence-corrected chi connectivity index (χ3v) is 14.8. The lowest BCUT2D eigenvalue weighted by Crippen LogP contribution is -2.26. The summed E-state index contributed by atoms with van der Waals surface area (Å²) in [7, 11) is 0. The number of nitriles is 1. The fourth-order valence-corrected chi connectivity index (χ4v) is 11.2. The van der Waals surface area contributed by atoms with Crippen LogP contribution in [0.15, 0.2) is 158 Å². The molecule has 0 saturated heterocycles. The number of nitrogens with zero attached hydrogens (tertiary/aromatic N) is 4. The smallest absolute Gasteiger partial charge is 0.187 e. The second-order valence-corrected chi connectivity index (χ2v) is 17.8. The molecule has 1 spiro atoms. The molecule has 0 amide bonds. The van der Waals surface area contributed by atoms with Crippen molar-refractivity contribution in [3.63, 3.8) is 0 Å². The summed E-state index contributed by atoms with van der Waals surface area (Å²) >= 11 is 0. The Morgan fingerprint density at radius 2 is 0.952 bits per heavy atom. The van der Waals surface area contributed by atoms with Crippen LogP contribution in [0.5, 0.6) is 0 Å². The Bertz CT molecular complexity index is 3430. The first-order chi connectivity index (χ1) is 30.9. The molecular weight excluding hydrogens is 765 g/mol. The topological polar surface area (TPSA) is 38.0 Å². The van der Waals surface area contributed by atoms with Crippen LogP contribution in [0.2, 0.25) is 0 Å². The Morgan fingerprint density at radius 1 is 0.508 bits per heavy atom. The van der Waals surface area contributed by atoms with E-state index in [1.165, 1.54) is 43.7 Å². The molecule has 10 aromatic rings. The van der Waals surface area contributed by atoms with E-state index in [4.69, 9.17) is 6.57 Å². The fourth-order valence-electron chi connectivity index (χ4n) is 11.2. The number of hydrogen-bond acceptors (Lipinski definition) is 1. The van der Waals surface area contributed by atoms with Crippen molar-refractivity contribution in [2.45, 2.75) is 57.8 Å². The Hall–Kier alpha value is -7.66. The molecule has 300 valence electrons. The minimum Gasteiger partial charge on any atom is -0.309 e. The molecule has 4 heteroatoms. The number of hydrogen-bond donors (Lipinski definition) is 0. The molecule has 2 aliphatic carbocycles. The van der Waals surface area contributed by atoms with E-state index in [-0.39, 0.29) is 0 Å². The van der Waals surface area contributed by atoms with Gasteiger partial charge in [-0.1, -0.05) is 113 Å². The number of rotatable bonds is 6. The minimum absolute atomic E-state index is 0.464. The van der Waals surface area contributed by atoms with Gasteiger partial charge in [-0.25, -0.2) is 4.85 Å². The summed E-state index contributed by atoms with van der Waals surface area (Å²) in [6, 6.07) is 60.4. The zero-order valence-corrected chi connectivity index (χ0v) is 35.9. The van der Waals surface area contributed by atoms with Crippen molar-refractivity contribution in [1.29, 1.82) is 5.26 Å². The Labute approximate surface area is 367 Å². The highest BCUT2D eigenvalue weighted by molar-refractivity contribution is 6.11. The van der Waals surface area contributed by atoms with Gasteiger partial charge >= 0.3 is 0 Å². The van der Waals surface area contributed by atoms with Crippen molar-refractivity contribution >= 4 is 49.3 Å². The average molecular weight is 809 g/mol. The molecule has 0 bridgehead atoms. The van der Waals surface area contributed by atoms with Gasteiger partial charge in [-0.3, -0.25) is 0 Å². The third-order valence-electron chi connectivity index (χ3n) is 14.8. The van der Waals surface area contributed by atoms with Gasteiger partial charge in [-0.05, 0) is 153 Å². The summed E-state index contributed by atoms with van der Waals surface area (Å²) < 4.78 is 4.86.